The predicted molar refractivity (Wildman–Crippen MR) is 84.3 cm³/mol. The third-order valence-corrected chi connectivity index (χ3v) is 3.87. The highest BCUT2D eigenvalue weighted by Crippen LogP contribution is 2.32. The second-order valence-electron chi connectivity index (χ2n) is 5.59. The fourth-order valence-corrected chi connectivity index (χ4v) is 3.00. The van der Waals surface area contributed by atoms with Crippen molar-refractivity contribution in [3.63, 3.8) is 0 Å². The lowest BCUT2D eigenvalue weighted by atomic mass is 10.00. The number of ether oxygens (including phenoxy) is 1. The van der Waals surface area contributed by atoms with Crippen LogP contribution in [0.3, 0.4) is 0 Å². The topological polar surface area (TPSA) is 26.3 Å². The normalized spacial score (nSPS) is 15.9. The Kier molecular flexibility index (Phi) is 3.38. The van der Waals surface area contributed by atoms with Crippen LogP contribution in [0.1, 0.15) is 44.3 Å². The molecule has 0 fully saturated rings. The quantitative estimate of drug-likeness (QED) is 0.754. The lowest BCUT2D eigenvalue weighted by Gasteiger charge is -2.15. The number of fused-ring (bicyclic) bond motifs is 1. The van der Waals surface area contributed by atoms with Crippen LogP contribution < -0.4 is 0 Å². The van der Waals surface area contributed by atoms with Crippen molar-refractivity contribution in [3.8, 4) is 0 Å². The lowest BCUT2D eigenvalue weighted by Crippen LogP contribution is -2.12. The second kappa shape index (κ2) is 5.21. The number of benzene rings is 2. The zero-order valence-electron chi connectivity index (χ0n) is 12.5. The summed E-state index contributed by atoms with van der Waals surface area (Å²) in [5, 5.41) is 0. The molecule has 2 aromatic carbocycles. The van der Waals surface area contributed by atoms with Gasteiger partial charge in [0.2, 0.25) is 0 Å². The van der Waals surface area contributed by atoms with Gasteiger partial charge in [0.05, 0.1) is 5.56 Å². The van der Waals surface area contributed by atoms with Crippen LogP contribution in [0.5, 0.6) is 0 Å². The highest BCUT2D eigenvalue weighted by Gasteiger charge is 2.23. The van der Waals surface area contributed by atoms with Gasteiger partial charge in [0.15, 0.2) is 0 Å². The van der Waals surface area contributed by atoms with Gasteiger partial charge in [-0.05, 0) is 43.5 Å². The van der Waals surface area contributed by atoms with Crippen LogP contribution in [-0.4, -0.2) is 5.97 Å². The maximum Gasteiger partial charge on any atom is 0.339 e. The highest BCUT2D eigenvalue weighted by molar-refractivity contribution is 5.93. The van der Waals surface area contributed by atoms with E-state index in [0.717, 1.165) is 27.8 Å². The largest absolute Gasteiger partial charge is 0.450 e. The van der Waals surface area contributed by atoms with Crippen LogP contribution in [0.15, 0.2) is 42.5 Å². The fourth-order valence-electron chi connectivity index (χ4n) is 3.00. The molecule has 0 spiro atoms. The Balaban J connectivity index is 1.88. The molecule has 0 aliphatic heterocycles. The van der Waals surface area contributed by atoms with E-state index < -0.39 is 0 Å². The Morgan fingerprint density at radius 2 is 1.71 bits per heavy atom. The van der Waals surface area contributed by atoms with Crippen molar-refractivity contribution in [2.45, 2.75) is 26.9 Å². The van der Waals surface area contributed by atoms with Crippen molar-refractivity contribution in [1.82, 2.24) is 0 Å². The van der Waals surface area contributed by atoms with Gasteiger partial charge in [0.1, 0.15) is 6.10 Å². The van der Waals surface area contributed by atoms with E-state index in [2.05, 4.69) is 0 Å². The van der Waals surface area contributed by atoms with Crippen molar-refractivity contribution in [1.29, 1.82) is 0 Å². The van der Waals surface area contributed by atoms with Crippen molar-refractivity contribution in [2.75, 3.05) is 0 Å². The van der Waals surface area contributed by atoms with Gasteiger partial charge in [-0.1, -0.05) is 48.0 Å². The van der Waals surface area contributed by atoms with E-state index >= 15 is 0 Å². The van der Waals surface area contributed by atoms with Gasteiger partial charge in [-0.3, -0.25) is 0 Å². The molecule has 3 rings (SSSR count). The van der Waals surface area contributed by atoms with E-state index in [0.29, 0.717) is 5.56 Å². The summed E-state index contributed by atoms with van der Waals surface area (Å²) in [4.78, 5) is 12.5. The summed E-state index contributed by atoms with van der Waals surface area (Å²) in [6, 6.07) is 12.0. The molecule has 0 N–H and O–H groups in total. The zero-order chi connectivity index (χ0) is 15.0. The molecule has 1 unspecified atom stereocenters. The highest BCUT2D eigenvalue weighted by atomic mass is 16.5. The van der Waals surface area contributed by atoms with Gasteiger partial charge >= 0.3 is 5.97 Å². The van der Waals surface area contributed by atoms with Crippen LogP contribution in [0.2, 0.25) is 0 Å². The molecule has 0 heterocycles. The van der Waals surface area contributed by atoms with Gasteiger partial charge in [-0.15, -0.1) is 0 Å². The van der Waals surface area contributed by atoms with Crippen molar-refractivity contribution < 1.29 is 9.53 Å². The minimum atomic E-state index is -0.284. The average Bonchev–Trinajstić information content (AvgIpc) is 2.81. The van der Waals surface area contributed by atoms with Gasteiger partial charge in [0.25, 0.3) is 0 Å². The minimum Gasteiger partial charge on any atom is -0.450 e. The lowest BCUT2D eigenvalue weighted by molar-refractivity contribution is 0.0395. The number of hydrogen-bond acceptors (Lipinski definition) is 2. The zero-order valence-corrected chi connectivity index (χ0v) is 12.5. The smallest absolute Gasteiger partial charge is 0.339 e. The summed E-state index contributed by atoms with van der Waals surface area (Å²) in [5.74, 6) is -0.253. The van der Waals surface area contributed by atoms with Crippen LogP contribution in [0.4, 0.5) is 0 Å². The molecule has 106 valence electrons. The van der Waals surface area contributed by atoms with Gasteiger partial charge in [0, 0.05) is 5.56 Å². The molecule has 1 atom stereocenters. The minimum absolute atomic E-state index is 0.253. The van der Waals surface area contributed by atoms with Crippen LogP contribution in [0, 0.1) is 20.8 Å². The summed E-state index contributed by atoms with van der Waals surface area (Å²) in [6.45, 7) is 5.94. The summed E-state index contributed by atoms with van der Waals surface area (Å²) in [7, 11) is 0. The molecule has 0 radical (unpaired) electrons. The first-order valence-electron chi connectivity index (χ1n) is 7.12. The van der Waals surface area contributed by atoms with Crippen LogP contribution >= 0.6 is 0 Å². The molecular formula is C19H18O2. The molecule has 0 aromatic heterocycles. The maximum absolute atomic E-state index is 12.5. The predicted octanol–water partition coefficient (Wildman–Crippen LogP) is 4.54. The monoisotopic (exact) mass is 278 g/mol. The summed E-state index contributed by atoms with van der Waals surface area (Å²) < 4.78 is 5.70. The molecule has 0 saturated carbocycles. The molecule has 0 saturated heterocycles. The van der Waals surface area contributed by atoms with E-state index in [1.807, 2.05) is 69.3 Å². The van der Waals surface area contributed by atoms with Crippen molar-refractivity contribution in [3.05, 3.63) is 75.9 Å². The number of carbonyl (C=O) groups is 1. The summed E-state index contributed by atoms with van der Waals surface area (Å²) in [6.07, 6.45) is 3.65. The van der Waals surface area contributed by atoms with Gasteiger partial charge < -0.3 is 4.74 Å². The standard InChI is InChI=1S/C19H18O2/c1-12-10-13(2)18(14(3)11-12)19(20)21-17-9-8-15-6-4-5-7-16(15)17/h4-11,17H,1-3H3. The van der Waals surface area contributed by atoms with Crippen molar-refractivity contribution in [2.24, 2.45) is 0 Å². The van der Waals surface area contributed by atoms with Crippen LogP contribution in [-0.2, 0) is 4.74 Å². The van der Waals surface area contributed by atoms with E-state index in [4.69, 9.17) is 4.74 Å². The van der Waals surface area contributed by atoms with Gasteiger partial charge in [-0.2, -0.15) is 0 Å². The maximum atomic E-state index is 12.5. The fraction of sp³-hybridized carbons (Fsp3) is 0.211. The van der Waals surface area contributed by atoms with Crippen LogP contribution in [0.25, 0.3) is 6.08 Å². The van der Waals surface area contributed by atoms with E-state index in [9.17, 15) is 4.79 Å². The SMILES string of the molecule is Cc1cc(C)c(C(=O)OC2C=Cc3ccccc32)c(C)c1. The molecule has 2 heteroatoms. The Morgan fingerprint density at radius 3 is 2.43 bits per heavy atom. The number of hydrogen-bond donors (Lipinski definition) is 0. The Bertz CT molecular complexity index is 718. The summed E-state index contributed by atoms with van der Waals surface area (Å²) >= 11 is 0. The molecule has 21 heavy (non-hydrogen) atoms. The number of carbonyl (C=O) groups excluding carboxylic acids is 1. The Hall–Kier alpha value is -2.35. The molecule has 2 aromatic rings. The van der Waals surface area contributed by atoms with Gasteiger partial charge in [-0.25, -0.2) is 4.79 Å². The third kappa shape index (κ3) is 2.49. The Labute approximate surface area is 125 Å². The van der Waals surface area contributed by atoms with Crippen molar-refractivity contribution >= 4 is 12.0 Å². The van der Waals surface area contributed by atoms with E-state index in [-0.39, 0.29) is 12.1 Å². The number of esters is 1. The molecule has 2 nitrogen and oxygen atoms in total. The van der Waals surface area contributed by atoms with E-state index in [1.165, 1.54) is 0 Å². The second-order valence-corrected chi connectivity index (χ2v) is 5.59. The Morgan fingerprint density at radius 1 is 1.05 bits per heavy atom. The molecule has 1 aliphatic carbocycles. The molecular weight excluding hydrogens is 260 g/mol. The number of rotatable bonds is 2. The summed E-state index contributed by atoms with van der Waals surface area (Å²) in [5.41, 5.74) is 5.94. The first-order valence-corrected chi connectivity index (χ1v) is 7.12. The first-order chi connectivity index (χ1) is 10.1. The molecule has 0 bridgehead atoms. The molecule has 0 amide bonds. The average molecular weight is 278 g/mol. The third-order valence-electron chi connectivity index (χ3n) is 3.87. The van der Waals surface area contributed by atoms with E-state index in [1.54, 1.807) is 0 Å². The molecule has 1 aliphatic rings. The number of aryl methyl sites for hydroxylation is 3. The first kappa shape index (κ1) is 13.6.